The van der Waals surface area contributed by atoms with Gasteiger partial charge in [-0.2, -0.15) is 0 Å². The van der Waals surface area contributed by atoms with E-state index in [0.29, 0.717) is 11.5 Å². The molecular weight excluding hydrogens is 689 g/mol. The van der Waals surface area contributed by atoms with Crippen molar-refractivity contribution in [1.82, 2.24) is 14.1 Å². The highest BCUT2D eigenvalue weighted by Crippen LogP contribution is 2.40. The molecule has 0 fully saturated rings. The van der Waals surface area contributed by atoms with E-state index in [0.717, 1.165) is 61.8 Å². The van der Waals surface area contributed by atoms with Crippen molar-refractivity contribution in [3.63, 3.8) is 0 Å². The number of ether oxygens (including phenoxy) is 1. The van der Waals surface area contributed by atoms with E-state index < -0.39 is 0 Å². The van der Waals surface area contributed by atoms with Crippen LogP contribution in [0.25, 0.3) is 49.9 Å². The van der Waals surface area contributed by atoms with Crippen LogP contribution in [0.4, 0.5) is 11.5 Å². The van der Waals surface area contributed by atoms with Crippen LogP contribution in [0.15, 0.2) is 194 Å². The molecule has 3 aromatic heterocycles. The minimum Gasteiger partial charge on any atom is -0.535 e. The molecule has 264 valence electrons. The highest BCUT2D eigenvalue weighted by Gasteiger charge is 2.40. The smallest absolute Gasteiger partial charge is 0.525 e. The topological polar surface area (TPSA) is 48.3 Å². The standard InChI is InChI=1S/C48H32BN5O2/c1-3-15-34(16-4-1)49-54(48-46(56-49)29-14-30-50-48)37-20-12-22-39(32-37)55-38-21-11-19-36(31-38)51-33-52(44-27-10-9-26-43(44)51)45-28-13-24-41-40-23-7-8-25-42(40)53(47(41)45)35-17-5-2-6-18-35/h1-32H. The zero-order chi connectivity index (χ0) is 37.0. The predicted octanol–water partition coefficient (Wildman–Crippen LogP) is 9.92. The second-order valence-electron chi connectivity index (χ2n) is 13.8. The lowest BCUT2D eigenvalue weighted by atomic mass is 9.71. The summed E-state index contributed by atoms with van der Waals surface area (Å²) < 4.78 is 19.7. The molecule has 4 heterocycles. The van der Waals surface area contributed by atoms with Gasteiger partial charge in [0.1, 0.15) is 17.2 Å². The molecule has 0 bridgehead atoms. The Morgan fingerprint density at radius 3 is 2.07 bits per heavy atom. The van der Waals surface area contributed by atoms with Gasteiger partial charge in [-0.15, -0.1) is 0 Å². The number of hydrogen-bond acceptors (Lipinski definition) is 4. The normalized spacial score (nSPS) is 12.4. The van der Waals surface area contributed by atoms with Crippen LogP contribution in [-0.2, 0) is 0 Å². The van der Waals surface area contributed by atoms with Crippen molar-refractivity contribution < 1.29 is 14.0 Å². The number of pyridine rings is 1. The van der Waals surface area contributed by atoms with Crippen molar-refractivity contribution in [1.29, 1.82) is 0 Å². The third-order valence-corrected chi connectivity index (χ3v) is 10.4. The van der Waals surface area contributed by atoms with Crippen LogP contribution in [0.2, 0.25) is 0 Å². The Hall–Kier alpha value is -7.58. The summed E-state index contributed by atoms with van der Waals surface area (Å²) in [5.74, 6) is 2.92. The maximum absolute atomic E-state index is 6.60. The Kier molecular flexibility index (Phi) is 7.45. The van der Waals surface area contributed by atoms with E-state index in [2.05, 4.69) is 152 Å². The summed E-state index contributed by atoms with van der Waals surface area (Å²) in [6.07, 6.45) is 5.54. The second kappa shape index (κ2) is 13.1. The van der Waals surface area contributed by atoms with E-state index in [1.54, 1.807) is 6.20 Å². The molecule has 10 aromatic rings. The van der Waals surface area contributed by atoms with Gasteiger partial charge in [-0.05, 0) is 72.2 Å². The molecule has 56 heavy (non-hydrogen) atoms. The molecule has 0 saturated heterocycles. The molecule has 0 radical (unpaired) electrons. The Balaban J connectivity index is 0.990. The van der Waals surface area contributed by atoms with Crippen LogP contribution in [0.1, 0.15) is 0 Å². The molecule has 0 saturated carbocycles. The van der Waals surface area contributed by atoms with Gasteiger partial charge >= 0.3 is 7.05 Å². The van der Waals surface area contributed by atoms with Crippen molar-refractivity contribution in [2.75, 3.05) is 4.81 Å². The Morgan fingerprint density at radius 2 is 1.23 bits per heavy atom. The van der Waals surface area contributed by atoms with E-state index in [1.807, 2.05) is 60.7 Å². The molecule has 8 heteroatoms. The van der Waals surface area contributed by atoms with E-state index in [9.17, 15) is 0 Å². The number of fused-ring (bicyclic) bond motifs is 5. The number of benzene rings is 7. The van der Waals surface area contributed by atoms with Gasteiger partial charge in [0, 0.05) is 34.4 Å². The van der Waals surface area contributed by atoms with Gasteiger partial charge in [-0.3, -0.25) is 9.13 Å². The van der Waals surface area contributed by atoms with Crippen molar-refractivity contribution in [3.05, 3.63) is 201 Å². The lowest BCUT2D eigenvalue weighted by molar-refractivity contribution is -0.571. The lowest BCUT2D eigenvalue weighted by Crippen LogP contribution is -2.47. The number of nitrogens with zero attached hydrogens (tertiary/aromatic N) is 5. The first-order chi connectivity index (χ1) is 27.8. The fourth-order valence-electron chi connectivity index (χ4n) is 8.01. The summed E-state index contributed by atoms with van der Waals surface area (Å²) in [6.45, 7) is 0. The molecule has 7 nitrogen and oxygen atoms in total. The van der Waals surface area contributed by atoms with E-state index in [4.69, 9.17) is 14.4 Å². The number of para-hydroxylation sites is 5. The quantitative estimate of drug-likeness (QED) is 0.0935. The third kappa shape index (κ3) is 5.22. The molecule has 0 atom stereocenters. The van der Waals surface area contributed by atoms with Crippen LogP contribution < -0.4 is 24.2 Å². The Morgan fingerprint density at radius 1 is 0.571 bits per heavy atom. The van der Waals surface area contributed by atoms with Gasteiger partial charge in [-0.1, -0.05) is 115 Å². The van der Waals surface area contributed by atoms with Gasteiger partial charge in [-0.25, -0.2) is 4.98 Å². The van der Waals surface area contributed by atoms with Crippen molar-refractivity contribution in [2.45, 2.75) is 0 Å². The van der Waals surface area contributed by atoms with Crippen LogP contribution in [0.3, 0.4) is 0 Å². The summed E-state index contributed by atoms with van der Waals surface area (Å²) in [4.78, 5) is 6.82. The fraction of sp³-hybridized carbons (Fsp3) is 0. The van der Waals surface area contributed by atoms with Crippen molar-refractivity contribution in [3.8, 4) is 34.3 Å². The molecular formula is C48H32BN5O2. The minimum atomic E-state index is -0.358. The van der Waals surface area contributed by atoms with Gasteiger partial charge in [0.25, 0.3) is 6.33 Å². The molecule has 7 aromatic carbocycles. The number of anilines is 2. The summed E-state index contributed by atoms with van der Waals surface area (Å²) in [6, 6.07) is 64.5. The Bertz CT molecular complexity index is 3070. The second-order valence-corrected chi connectivity index (χ2v) is 13.8. The highest BCUT2D eigenvalue weighted by atomic mass is 16.5. The van der Waals surface area contributed by atoms with Gasteiger partial charge in [0.2, 0.25) is 0 Å². The molecule has 11 rings (SSSR count). The number of aromatic nitrogens is 4. The summed E-state index contributed by atoms with van der Waals surface area (Å²) in [5.41, 5.74) is 9.38. The minimum absolute atomic E-state index is 0.358. The fourth-order valence-corrected chi connectivity index (χ4v) is 8.01. The maximum atomic E-state index is 6.60. The van der Waals surface area contributed by atoms with E-state index >= 15 is 0 Å². The maximum Gasteiger partial charge on any atom is 0.525 e. The van der Waals surface area contributed by atoms with Crippen LogP contribution >= 0.6 is 0 Å². The molecule has 0 spiro atoms. The monoisotopic (exact) mass is 721 g/mol. The lowest BCUT2D eigenvalue weighted by Gasteiger charge is -2.22. The first-order valence-electron chi connectivity index (χ1n) is 18.7. The zero-order valence-electron chi connectivity index (χ0n) is 30.1. The van der Waals surface area contributed by atoms with Crippen molar-refractivity contribution >= 4 is 56.9 Å². The largest absolute Gasteiger partial charge is 0.535 e. The van der Waals surface area contributed by atoms with Gasteiger partial charge in [0.15, 0.2) is 5.82 Å². The van der Waals surface area contributed by atoms with E-state index in [1.165, 1.54) is 10.8 Å². The molecule has 1 aliphatic rings. The first kappa shape index (κ1) is 31.9. The van der Waals surface area contributed by atoms with Crippen LogP contribution in [-0.4, -0.2) is 21.2 Å². The number of hydrogen-bond donors (Lipinski definition) is 0. The average molecular weight is 722 g/mol. The SMILES string of the molecule is [c-]1n(-c2cccc(Oc3cccc(N4B(c5ccccc5)Oc5cccnc54)c3)c2)c2ccccc2[n+]1-c1cccc2c3ccccc3n(-c3ccccc3)c12. The third-order valence-electron chi connectivity index (χ3n) is 10.4. The average Bonchev–Trinajstić information content (AvgIpc) is 3.95. The molecule has 1 aliphatic heterocycles. The van der Waals surface area contributed by atoms with Crippen LogP contribution in [0.5, 0.6) is 17.2 Å². The van der Waals surface area contributed by atoms with Crippen LogP contribution in [0, 0.1) is 6.33 Å². The summed E-state index contributed by atoms with van der Waals surface area (Å²) >= 11 is 0. The zero-order valence-corrected chi connectivity index (χ0v) is 30.1. The van der Waals surface area contributed by atoms with E-state index in [-0.39, 0.29) is 7.05 Å². The molecule has 0 aliphatic carbocycles. The van der Waals surface area contributed by atoms with Crippen molar-refractivity contribution in [2.24, 2.45) is 0 Å². The molecule has 0 unspecified atom stereocenters. The van der Waals surface area contributed by atoms with Gasteiger partial charge < -0.3 is 18.8 Å². The predicted molar refractivity (Wildman–Crippen MR) is 223 cm³/mol. The first-order valence-corrected chi connectivity index (χ1v) is 18.7. The molecule has 0 N–H and O–H groups in total. The summed E-state index contributed by atoms with van der Waals surface area (Å²) in [7, 11) is -0.358. The summed E-state index contributed by atoms with van der Waals surface area (Å²) in [5, 5.41) is 2.40. The van der Waals surface area contributed by atoms with Gasteiger partial charge in [0.05, 0.1) is 33.4 Å². The molecule has 0 amide bonds. The number of rotatable bonds is 7. The number of imidazole rings is 1. The highest BCUT2D eigenvalue weighted by molar-refractivity contribution is 6.74. The Labute approximate surface area is 323 Å².